The SMILES string of the molecule is COc1cc(/C=C/C(=O)NC(NC(=O)Nc2ccccn2)C(C)C)cc(OC)c1OC. The third kappa shape index (κ3) is 6.91. The molecule has 9 heteroatoms. The second-order valence-corrected chi connectivity index (χ2v) is 6.84. The minimum absolute atomic E-state index is 0.0481. The maximum absolute atomic E-state index is 12.4. The van der Waals surface area contributed by atoms with Gasteiger partial charge >= 0.3 is 6.03 Å². The van der Waals surface area contributed by atoms with E-state index in [1.165, 1.54) is 27.4 Å². The second kappa shape index (κ2) is 11.4. The van der Waals surface area contributed by atoms with Crippen LogP contribution in [0.1, 0.15) is 19.4 Å². The molecule has 2 aromatic rings. The largest absolute Gasteiger partial charge is 0.493 e. The van der Waals surface area contributed by atoms with Gasteiger partial charge in [-0.25, -0.2) is 9.78 Å². The summed E-state index contributed by atoms with van der Waals surface area (Å²) in [5.41, 5.74) is 0.687. The number of amides is 3. The van der Waals surface area contributed by atoms with Crippen molar-refractivity contribution >= 4 is 23.8 Å². The van der Waals surface area contributed by atoms with Gasteiger partial charge in [0.2, 0.25) is 11.7 Å². The number of benzene rings is 1. The Labute approximate surface area is 181 Å². The highest BCUT2D eigenvalue weighted by molar-refractivity contribution is 5.93. The van der Waals surface area contributed by atoms with Crippen LogP contribution in [0.5, 0.6) is 17.2 Å². The zero-order valence-electron chi connectivity index (χ0n) is 18.3. The van der Waals surface area contributed by atoms with E-state index in [2.05, 4.69) is 20.9 Å². The summed E-state index contributed by atoms with van der Waals surface area (Å²) >= 11 is 0. The fourth-order valence-corrected chi connectivity index (χ4v) is 2.67. The molecule has 0 spiro atoms. The molecule has 3 amide bonds. The van der Waals surface area contributed by atoms with Crippen LogP contribution in [0, 0.1) is 5.92 Å². The first-order valence-electron chi connectivity index (χ1n) is 9.65. The molecule has 0 bridgehead atoms. The summed E-state index contributed by atoms with van der Waals surface area (Å²) in [5, 5.41) is 8.14. The summed E-state index contributed by atoms with van der Waals surface area (Å²) in [5.74, 6) is 1.42. The molecule has 0 aliphatic heterocycles. The maximum Gasteiger partial charge on any atom is 0.322 e. The maximum atomic E-state index is 12.4. The van der Waals surface area contributed by atoms with Gasteiger partial charge in [-0.1, -0.05) is 19.9 Å². The molecule has 1 atom stereocenters. The summed E-state index contributed by atoms with van der Waals surface area (Å²) in [6.07, 6.45) is 3.98. The van der Waals surface area contributed by atoms with E-state index >= 15 is 0 Å². The predicted molar refractivity (Wildman–Crippen MR) is 118 cm³/mol. The highest BCUT2D eigenvalue weighted by atomic mass is 16.5. The number of ether oxygens (including phenoxy) is 3. The van der Waals surface area contributed by atoms with Gasteiger partial charge in [-0.15, -0.1) is 0 Å². The van der Waals surface area contributed by atoms with Crippen molar-refractivity contribution < 1.29 is 23.8 Å². The van der Waals surface area contributed by atoms with Crippen molar-refractivity contribution in [2.24, 2.45) is 5.92 Å². The zero-order valence-corrected chi connectivity index (χ0v) is 18.3. The molecular formula is C22H28N4O5. The van der Waals surface area contributed by atoms with Crippen molar-refractivity contribution in [1.29, 1.82) is 0 Å². The minimum atomic E-state index is -0.583. The van der Waals surface area contributed by atoms with Crippen molar-refractivity contribution in [3.63, 3.8) is 0 Å². The van der Waals surface area contributed by atoms with E-state index in [4.69, 9.17) is 14.2 Å². The lowest BCUT2D eigenvalue weighted by molar-refractivity contribution is -0.117. The quantitative estimate of drug-likeness (QED) is 0.418. The number of urea groups is 1. The van der Waals surface area contributed by atoms with Crippen LogP contribution < -0.4 is 30.2 Å². The number of aromatic nitrogens is 1. The molecular weight excluding hydrogens is 400 g/mol. The standard InChI is InChI=1S/C22H28N4O5/c1-14(2)21(26-22(28)24-18-8-6-7-11-23-18)25-19(27)10-9-15-12-16(29-3)20(31-5)17(13-15)30-4/h6-14,21H,1-5H3,(H,25,27)(H2,23,24,26,28)/b10-9+. The van der Waals surface area contributed by atoms with Gasteiger partial charge in [-0.05, 0) is 41.8 Å². The molecule has 0 aliphatic carbocycles. The van der Waals surface area contributed by atoms with Gasteiger partial charge in [-0.3, -0.25) is 10.1 Å². The Balaban J connectivity index is 2.04. The Morgan fingerprint density at radius 1 is 1.00 bits per heavy atom. The number of carbonyl (C=O) groups excluding carboxylic acids is 2. The summed E-state index contributed by atoms with van der Waals surface area (Å²) in [6.45, 7) is 3.77. The molecule has 0 saturated carbocycles. The van der Waals surface area contributed by atoms with Crippen molar-refractivity contribution in [3.8, 4) is 17.2 Å². The van der Waals surface area contributed by atoms with Crippen LogP contribution in [0.3, 0.4) is 0 Å². The summed E-state index contributed by atoms with van der Waals surface area (Å²) < 4.78 is 15.9. The van der Waals surface area contributed by atoms with Crippen molar-refractivity contribution in [2.75, 3.05) is 26.6 Å². The monoisotopic (exact) mass is 428 g/mol. The lowest BCUT2D eigenvalue weighted by Gasteiger charge is -2.23. The lowest BCUT2D eigenvalue weighted by Crippen LogP contribution is -2.51. The number of carbonyl (C=O) groups is 2. The highest BCUT2D eigenvalue weighted by Gasteiger charge is 2.18. The van der Waals surface area contributed by atoms with Crippen LogP contribution in [0.15, 0.2) is 42.6 Å². The normalized spacial score (nSPS) is 11.7. The number of pyridine rings is 1. The molecule has 9 nitrogen and oxygen atoms in total. The second-order valence-electron chi connectivity index (χ2n) is 6.84. The van der Waals surface area contributed by atoms with Crippen LogP contribution in [-0.2, 0) is 4.79 Å². The fraction of sp³-hybridized carbons (Fsp3) is 0.318. The van der Waals surface area contributed by atoms with Crippen molar-refractivity contribution in [1.82, 2.24) is 15.6 Å². The Morgan fingerprint density at radius 3 is 2.19 bits per heavy atom. The summed E-state index contributed by atoms with van der Waals surface area (Å²) in [4.78, 5) is 28.7. The number of nitrogens with zero attached hydrogens (tertiary/aromatic N) is 1. The first kappa shape index (κ1) is 23.5. The molecule has 0 aliphatic rings. The number of nitrogens with one attached hydrogen (secondary N) is 3. The van der Waals surface area contributed by atoms with E-state index in [0.717, 1.165) is 0 Å². The first-order chi connectivity index (χ1) is 14.9. The molecule has 0 saturated heterocycles. The minimum Gasteiger partial charge on any atom is -0.493 e. The van der Waals surface area contributed by atoms with Gasteiger partial charge < -0.3 is 24.8 Å². The van der Waals surface area contributed by atoms with Gasteiger partial charge in [0.25, 0.3) is 0 Å². The number of methoxy groups -OCH3 is 3. The summed E-state index contributed by atoms with van der Waals surface area (Å²) in [6, 6.07) is 8.17. The van der Waals surface area contributed by atoms with Gasteiger partial charge in [0.05, 0.1) is 21.3 Å². The van der Waals surface area contributed by atoms with E-state index in [0.29, 0.717) is 28.6 Å². The van der Waals surface area contributed by atoms with Crippen LogP contribution >= 0.6 is 0 Å². The van der Waals surface area contributed by atoms with Crippen LogP contribution in [0.25, 0.3) is 6.08 Å². The smallest absolute Gasteiger partial charge is 0.322 e. The number of hydrogen-bond donors (Lipinski definition) is 3. The third-order valence-electron chi connectivity index (χ3n) is 4.27. The number of anilines is 1. The molecule has 0 radical (unpaired) electrons. The number of rotatable bonds is 9. The lowest BCUT2D eigenvalue weighted by atomic mass is 10.1. The average molecular weight is 428 g/mol. The van der Waals surface area contributed by atoms with E-state index in [1.807, 2.05) is 13.8 Å². The van der Waals surface area contributed by atoms with Crippen LogP contribution in [0.4, 0.5) is 10.6 Å². The molecule has 1 aromatic carbocycles. The van der Waals surface area contributed by atoms with Gasteiger partial charge in [-0.2, -0.15) is 0 Å². The van der Waals surface area contributed by atoms with Crippen LogP contribution in [0.2, 0.25) is 0 Å². The molecule has 166 valence electrons. The van der Waals surface area contributed by atoms with E-state index in [9.17, 15) is 9.59 Å². The number of hydrogen-bond acceptors (Lipinski definition) is 6. The molecule has 1 unspecified atom stereocenters. The van der Waals surface area contributed by atoms with Gasteiger partial charge in [0.1, 0.15) is 12.0 Å². The van der Waals surface area contributed by atoms with Crippen molar-refractivity contribution in [2.45, 2.75) is 20.0 Å². The van der Waals surface area contributed by atoms with Gasteiger partial charge in [0, 0.05) is 12.3 Å². The molecule has 2 rings (SSSR count). The highest BCUT2D eigenvalue weighted by Crippen LogP contribution is 2.38. The zero-order chi connectivity index (χ0) is 22.8. The predicted octanol–water partition coefficient (Wildman–Crippen LogP) is 3.04. The topological polar surface area (TPSA) is 111 Å². The Hall–Kier alpha value is -3.75. The first-order valence-corrected chi connectivity index (χ1v) is 9.65. The molecule has 31 heavy (non-hydrogen) atoms. The average Bonchev–Trinajstić information content (AvgIpc) is 2.76. The third-order valence-corrected chi connectivity index (χ3v) is 4.27. The molecule has 1 heterocycles. The fourth-order valence-electron chi connectivity index (χ4n) is 2.67. The van der Waals surface area contributed by atoms with E-state index < -0.39 is 12.2 Å². The molecule has 0 fully saturated rings. The Kier molecular flexibility index (Phi) is 8.68. The Morgan fingerprint density at radius 2 is 1.68 bits per heavy atom. The summed E-state index contributed by atoms with van der Waals surface area (Å²) in [7, 11) is 4.56. The van der Waals surface area contributed by atoms with Gasteiger partial charge in [0.15, 0.2) is 11.5 Å². The van der Waals surface area contributed by atoms with Crippen LogP contribution in [-0.4, -0.2) is 44.4 Å². The Bertz CT molecular complexity index is 890. The van der Waals surface area contributed by atoms with Crippen molar-refractivity contribution in [3.05, 3.63) is 48.2 Å². The molecule has 1 aromatic heterocycles. The molecule has 3 N–H and O–H groups in total. The van der Waals surface area contributed by atoms with E-state index in [1.54, 1.807) is 42.6 Å². The van der Waals surface area contributed by atoms with E-state index in [-0.39, 0.29) is 11.8 Å².